The molecule has 0 aromatic rings. The Morgan fingerprint density at radius 1 is 1.47 bits per heavy atom. The van der Waals surface area contributed by atoms with Crippen LogP contribution in [-0.4, -0.2) is 40.1 Å². The van der Waals surface area contributed by atoms with E-state index in [1.54, 1.807) is 4.90 Å². The molecule has 1 aliphatic rings. The fourth-order valence-electron chi connectivity index (χ4n) is 1.72. The Morgan fingerprint density at radius 3 is 2.40 bits per heavy atom. The summed E-state index contributed by atoms with van der Waals surface area (Å²) in [6.45, 7) is 2.93. The number of phosphoric acid groups is 1. The summed E-state index contributed by atoms with van der Waals surface area (Å²) in [5.41, 5.74) is 0. The molecular formula is C8H17NO5P. The Kier molecular flexibility index (Phi) is 4.70. The van der Waals surface area contributed by atoms with Gasteiger partial charge in [-0.15, -0.1) is 0 Å². The smallest absolute Gasteiger partial charge is 0.303 e. The Morgan fingerprint density at radius 2 is 2.00 bits per heavy atom. The molecule has 0 bridgehead atoms. The first-order valence-corrected chi connectivity index (χ1v) is 6.59. The van der Waals surface area contributed by atoms with Gasteiger partial charge in [0.25, 0.3) is 0 Å². The van der Waals surface area contributed by atoms with Crippen molar-refractivity contribution in [1.29, 1.82) is 0 Å². The van der Waals surface area contributed by atoms with Gasteiger partial charge in [0.2, 0.25) is 0 Å². The molecule has 15 heavy (non-hydrogen) atoms. The summed E-state index contributed by atoms with van der Waals surface area (Å²) < 4.78 is 15.1. The molecule has 1 radical (unpaired) electrons. The van der Waals surface area contributed by atoms with E-state index in [9.17, 15) is 9.67 Å². The minimum Gasteiger partial charge on any atom is -0.303 e. The van der Waals surface area contributed by atoms with Crippen LogP contribution in [0.5, 0.6) is 0 Å². The van der Waals surface area contributed by atoms with Crippen LogP contribution in [0.15, 0.2) is 0 Å². The van der Waals surface area contributed by atoms with E-state index in [0.717, 1.165) is 0 Å². The van der Waals surface area contributed by atoms with Gasteiger partial charge in [-0.1, -0.05) is 6.92 Å². The number of hydrogen-bond acceptors (Lipinski definition) is 3. The third-order valence-electron chi connectivity index (χ3n) is 2.52. The lowest BCUT2D eigenvalue weighted by molar-refractivity contribution is -0.0725. The summed E-state index contributed by atoms with van der Waals surface area (Å²) in [6.07, 6.45) is 0.421. The summed E-state index contributed by atoms with van der Waals surface area (Å²) in [5.74, 6) is 0. The first-order valence-electron chi connectivity index (χ1n) is 5.06. The van der Waals surface area contributed by atoms with Gasteiger partial charge in [0, 0.05) is 13.1 Å². The molecule has 1 atom stereocenters. The second-order valence-corrected chi connectivity index (χ2v) is 4.89. The fraction of sp³-hybridized carbons (Fsp3) is 1.00. The van der Waals surface area contributed by atoms with Crippen LogP contribution in [0.3, 0.4) is 0 Å². The molecule has 0 spiro atoms. The summed E-state index contributed by atoms with van der Waals surface area (Å²) in [7, 11) is -4.38. The highest BCUT2D eigenvalue weighted by Crippen LogP contribution is 2.39. The number of phosphoric ester groups is 1. The van der Waals surface area contributed by atoms with Gasteiger partial charge in [-0.3, -0.25) is 9.42 Å². The lowest BCUT2D eigenvalue weighted by atomic mass is 10.1. The Hall–Kier alpha value is 0.0300. The summed E-state index contributed by atoms with van der Waals surface area (Å²) in [5, 5.41) is 11.4. The van der Waals surface area contributed by atoms with E-state index >= 15 is 0 Å². The van der Waals surface area contributed by atoms with Crippen LogP contribution in [0, 0.1) is 0 Å². The van der Waals surface area contributed by atoms with Crippen LogP contribution < -0.4 is 0 Å². The van der Waals surface area contributed by atoms with Gasteiger partial charge in [-0.25, -0.2) is 9.67 Å². The van der Waals surface area contributed by atoms with Crippen LogP contribution in [0.2, 0.25) is 0 Å². The van der Waals surface area contributed by atoms with Crippen LogP contribution in [0.25, 0.3) is 0 Å². The van der Waals surface area contributed by atoms with Crippen molar-refractivity contribution in [2.45, 2.75) is 38.5 Å². The van der Waals surface area contributed by atoms with E-state index in [-0.39, 0.29) is 0 Å². The van der Waals surface area contributed by atoms with E-state index in [1.807, 2.05) is 6.92 Å². The summed E-state index contributed by atoms with van der Waals surface area (Å²) >= 11 is 0. The second-order valence-electron chi connectivity index (χ2n) is 3.69. The van der Waals surface area contributed by atoms with Crippen molar-refractivity contribution >= 4 is 7.82 Å². The molecule has 6 nitrogen and oxygen atoms in total. The van der Waals surface area contributed by atoms with Crippen molar-refractivity contribution in [1.82, 2.24) is 4.90 Å². The highest BCUT2D eigenvalue weighted by atomic mass is 31.2. The Labute approximate surface area is 89.1 Å². The molecule has 0 saturated carbocycles. The molecule has 0 aliphatic carbocycles. The Balaban J connectivity index is 2.33. The molecule has 0 aromatic carbocycles. The van der Waals surface area contributed by atoms with Crippen molar-refractivity contribution in [3.63, 3.8) is 0 Å². The number of rotatable bonds is 4. The monoisotopic (exact) mass is 238 g/mol. The molecule has 1 unspecified atom stereocenters. The lowest BCUT2D eigenvalue weighted by Gasteiger charge is -2.33. The summed E-state index contributed by atoms with van der Waals surface area (Å²) in [6, 6.07) is 0. The molecule has 7 heteroatoms. The maximum absolute atomic E-state index is 11.4. The molecule has 0 amide bonds. The molecule has 2 N–H and O–H groups in total. The zero-order chi connectivity index (χ0) is 11.5. The van der Waals surface area contributed by atoms with Gasteiger partial charge in [0.1, 0.15) is 6.23 Å². The molecule has 1 fully saturated rings. The molecule has 0 aromatic heterocycles. The molecular weight excluding hydrogens is 221 g/mol. The quantitative estimate of drug-likeness (QED) is 0.704. The van der Waals surface area contributed by atoms with Crippen molar-refractivity contribution in [2.75, 3.05) is 13.1 Å². The molecule has 89 valence electrons. The molecule has 1 saturated heterocycles. The molecule has 1 heterocycles. The third kappa shape index (κ3) is 4.59. The van der Waals surface area contributed by atoms with E-state index in [2.05, 4.69) is 4.52 Å². The first-order chi connectivity index (χ1) is 6.92. The van der Waals surface area contributed by atoms with Crippen LogP contribution >= 0.6 is 7.82 Å². The number of nitrogens with zero attached hydrogens (tertiary/aromatic N) is 1. The van der Waals surface area contributed by atoms with Gasteiger partial charge in [0.15, 0.2) is 0 Å². The largest absolute Gasteiger partial charge is 0.469 e. The maximum Gasteiger partial charge on any atom is 0.469 e. The lowest BCUT2D eigenvalue weighted by Crippen LogP contribution is -2.42. The molecule has 1 rings (SSSR count). The zero-order valence-corrected chi connectivity index (χ0v) is 9.60. The van der Waals surface area contributed by atoms with Crippen molar-refractivity contribution < 1.29 is 24.0 Å². The number of likely N-dealkylation sites (tertiary alicyclic amines) is 1. The zero-order valence-electron chi connectivity index (χ0n) is 8.70. The standard InChI is InChI=1S/C8H17NO5P/c1-2-8(10)9-5-3-7(4-6-9)14-15(11,12)13/h7-8H,2-6H2,1H3,(H2,11,12,13). The van der Waals surface area contributed by atoms with Crippen LogP contribution in [0.4, 0.5) is 0 Å². The van der Waals surface area contributed by atoms with E-state index in [0.29, 0.717) is 32.4 Å². The van der Waals surface area contributed by atoms with E-state index in [4.69, 9.17) is 9.79 Å². The highest BCUT2D eigenvalue weighted by Gasteiger charge is 2.28. The Bertz CT molecular complexity index is 235. The van der Waals surface area contributed by atoms with E-state index < -0.39 is 20.2 Å². The minimum absolute atomic E-state index is 0.425. The van der Waals surface area contributed by atoms with Gasteiger partial charge in [-0.2, -0.15) is 0 Å². The SMILES string of the molecule is CCC([O])N1CCC(OP(=O)(O)O)CC1. The average Bonchev–Trinajstić information content (AvgIpc) is 2.15. The van der Waals surface area contributed by atoms with E-state index in [1.165, 1.54) is 0 Å². The van der Waals surface area contributed by atoms with Gasteiger partial charge < -0.3 is 9.79 Å². The fourth-order valence-corrected chi connectivity index (χ4v) is 2.32. The minimum atomic E-state index is -4.38. The topological polar surface area (TPSA) is 89.9 Å². The maximum atomic E-state index is 11.4. The summed E-state index contributed by atoms with van der Waals surface area (Å²) in [4.78, 5) is 19.0. The first kappa shape index (κ1) is 13.1. The van der Waals surface area contributed by atoms with Gasteiger partial charge in [-0.05, 0) is 19.3 Å². The van der Waals surface area contributed by atoms with Crippen LogP contribution in [0.1, 0.15) is 26.2 Å². The second kappa shape index (κ2) is 5.39. The predicted octanol–water partition coefficient (Wildman–Crippen LogP) is 0.727. The van der Waals surface area contributed by atoms with Crippen LogP contribution in [-0.2, 0) is 14.2 Å². The average molecular weight is 238 g/mol. The van der Waals surface area contributed by atoms with Gasteiger partial charge >= 0.3 is 7.82 Å². The highest BCUT2D eigenvalue weighted by molar-refractivity contribution is 7.46. The number of piperidine rings is 1. The van der Waals surface area contributed by atoms with Gasteiger partial charge in [0.05, 0.1) is 6.10 Å². The van der Waals surface area contributed by atoms with Crippen molar-refractivity contribution in [3.05, 3.63) is 0 Å². The number of hydrogen-bond donors (Lipinski definition) is 2. The van der Waals surface area contributed by atoms with Crippen molar-refractivity contribution in [2.24, 2.45) is 0 Å². The normalized spacial score (nSPS) is 22.9. The third-order valence-corrected chi connectivity index (χ3v) is 3.09. The molecule has 1 aliphatic heterocycles. The van der Waals surface area contributed by atoms with Crippen molar-refractivity contribution in [3.8, 4) is 0 Å². The predicted molar refractivity (Wildman–Crippen MR) is 52.5 cm³/mol.